The molecule has 0 spiro atoms. The van der Waals surface area contributed by atoms with Gasteiger partial charge in [-0.1, -0.05) is 0 Å². The third kappa shape index (κ3) is 3.07. The summed E-state index contributed by atoms with van der Waals surface area (Å²) in [6.45, 7) is 2.62. The van der Waals surface area contributed by atoms with Crippen LogP contribution in [0.2, 0.25) is 0 Å². The highest BCUT2D eigenvalue weighted by Gasteiger charge is 2.26. The second-order valence-corrected chi connectivity index (χ2v) is 6.48. The monoisotopic (exact) mass is 366 g/mol. The first kappa shape index (κ1) is 17.3. The number of hydrogen-bond donors (Lipinski definition) is 0. The summed E-state index contributed by atoms with van der Waals surface area (Å²) < 4.78 is 24.5. The molecule has 0 amide bonds. The number of ether oxygens (including phenoxy) is 4. The van der Waals surface area contributed by atoms with Crippen molar-refractivity contribution < 1.29 is 18.9 Å². The van der Waals surface area contributed by atoms with Crippen LogP contribution in [0.1, 0.15) is 22.8 Å². The van der Waals surface area contributed by atoms with Gasteiger partial charge >= 0.3 is 0 Å². The van der Waals surface area contributed by atoms with Gasteiger partial charge in [-0.25, -0.2) is 4.99 Å². The summed E-state index contributed by atoms with van der Waals surface area (Å²) >= 11 is 0. The number of hydrogen-bond acceptors (Lipinski definition) is 5. The molecule has 27 heavy (non-hydrogen) atoms. The molecule has 0 radical (unpaired) electrons. The van der Waals surface area contributed by atoms with E-state index >= 15 is 0 Å². The Morgan fingerprint density at radius 2 is 1.74 bits per heavy atom. The summed E-state index contributed by atoms with van der Waals surface area (Å²) in [5.41, 5.74) is 4.25. The van der Waals surface area contributed by atoms with Crippen LogP contribution >= 0.6 is 0 Å². The van der Waals surface area contributed by atoms with E-state index in [0.717, 1.165) is 16.6 Å². The van der Waals surface area contributed by atoms with Crippen molar-refractivity contribution >= 4 is 11.4 Å². The molecule has 1 unspecified atom stereocenters. The first-order chi connectivity index (χ1) is 13.1. The first-order valence-electron chi connectivity index (χ1n) is 8.72. The lowest BCUT2D eigenvalue weighted by molar-refractivity contribution is 0.228. The summed E-state index contributed by atoms with van der Waals surface area (Å²) in [4.78, 5) is 4.60. The summed E-state index contributed by atoms with van der Waals surface area (Å²) in [5.74, 6) is 2.42. The fourth-order valence-corrected chi connectivity index (χ4v) is 3.37. The third-order valence-corrected chi connectivity index (χ3v) is 4.69. The smallest absolute Gasteiger partial charge is 0.218 e. The lowest BCUT2D eigenvalue weighted by Crippen LogP contribution is -2.08. The number of nitrogens with zero attached hydrogens (tertiary/aromatic N) is 2. The van der Waals surface area contributed by atoms with Gasteiger partial charge in [0.15, 0.2) is 11.5 Å². The Labute approximate surface area is 158 Å². The molecule has 0 aliphatic carbocycles. The molecule has 3 heterocycles. The molecule has 0 N–H and O–H groups in total. The van der Waals surface area contributed by atoms with Crippen LogP contribution in [0.5, 0.6) is 17.2 Å². The number of rotatable bonds is 5. The summed E-state index contributed by atoms with van der Waals surface area (Å²) in [6, 6.07) is 10.1. The summed E-state index contributed by atoms with van der Waals surface area (Å²) in [7, 11) is 4.80. The quantitative estimate of drug-likeness (QED) is 0.689. The summed E-state index contributed by atoms with van der Waals surface area (Å²) in [5, 5.41) is 0. The number of aryl methyl sites for hydroxylation is 1. The maximum absolute atomic E-state index is 6.15. The van der Waals surface area contributed by atoms with E-state index in [0.29, 0.717) is 29.7 Å². The number of aromatic nitrogens is 1. The van der Waals surface area contributed by atoms with Gasteiger partial charge in [0.25, 0.3) is 0 Å². The van der Waals surface area contributed by atoms with Crippen LogP contribution in [0.25, 0.3) is 5.52 Å². The molecule has 1 aromatic carbocycles. The fourth-order valence-electron chi connectivity index (χ4n) is 3.37. The minimum atomic E-state index is -0.198. The van der Waals surface area contributed by atoms with Crippen LogP contribution < -0.4 is 14.2 Å². The zero-order valence-electron chi connectivity index (χ0n) is 15.9. The zero-order chi connectivity index (χ0) is 19.0. The molecular weight excluding hydrogens is 344 g/mol. The topological polar surface area (TPSA) is 53.7 Å². The zero-order valence-corrected chi connectivity index (χ0v) is 15.9. The average Bonchev–Trinajstić information content (AvgIpc) is 3.31. The lowest BCUT2D eigenvalue weighted by Gasteiger charge is -2.17. The lowest BCUT2D eigenvalue weighted by atomic mass is 10.1. The Morgan fingerprint density at radius 3 is 2.41 bits per heavy atom. The van der Waals surface area contributed by atoms with Crippen molar-refractivity contribution in [1.82, 2.24) is 4.40 Å². The van der Waals surface area contributed by atoms with E-state index in [9.17, 15) is 0 Å². The van der Waals surface area contributed by atoms with Crippen molar-refractivity contribution in [3.63, 3.8) is 0 Å². The Bertz CT molecular complexity index is 997. The summed E-state index contributed by atoms with van der Waals surface area (Å²) in [6.07, 6.45) is 3.93. The predicted octanol–water partition coefficient (Wildman–Crippen LogP) is 3.79. The highest BCUT2D eigenvalue weighted by Crippen LogP contribution is 2.41. The van der Waals surface area contributed by atoms with Gasteiger partial charge in [0.1, 0.15) is 6.10 Å². The van der Waals surface area contributed by atoms with Gasteiger partial charge in [0.2, 0.25) is 11.6 Å². The number of fused-ring (bicyclic) bond motifs is 1. The van der Waals surface area contributed by atoms with Gasteiger partial charge in [-0.15, -0.1) is 0 Å². The highest BCUT2D eigenvalue weighted by atomic mass is 16.5. The van der Waals surface area contributed by atoms with E-state index in [2.05, 4.69) is 34.6 Å². The van der Waals surface area contributed by atoms with Gasteiger partial charge in [0, 0.05) is 23.5 Å². The molecule has 1 aliphatic heterocycles. The molecule has 6 nitrogen and oxygen atoms in total. The SMILES string of the molecule is COc1cc(C2CN=C(c3ccc4cc(C)cn4c3)O2)cc(OC)c1OC. The van der Waals surface area contributed by atoms with Gasteiger partial charge < -0.3 is 23.3 Å². The predicted molar refractivity (Wildman–Crippen MR) is 103 cm³/mol. The normalized spacial score (nSPS) is 16.1. The van der Waals surface area contributed by atoms with Crippen LogP contribution in [0.3, 0.4) is 0 Å². The van der Waals surface area contributed by atoms with Crippen molar-refractivity contribution in [2.75, 3.05) is 27.9 Å². The molecule has 0 saturated heterocycles. The largest absolute Gasteiger partial charge is 0.493 e. The number of methoxy groups -OCH3 is 3. The maximum atomic E-state index is 6.15. The molecule has 4 rings (SSSR count). The second kappa shape index (κ2) is 6.87. The van der Waals surface area contributed by atoms with E-state index < -0.39 is 0 Å². The molecule has 0 fully saturated rings. The van der Waals surface area contributed by atoms with Crippen LogP contribution in [-0.2, 0) is 4.74 Å². The average molecular weight is 366 g/mol. The number of benzene rings is 1. The standard InChI is InChI=1S/C21H22N2O4/c1-13-7-16-6-5-14(12-23(16)11-13)21-22-10-19(27-21)15-8-17(24-2)20(26-4)18(9-15)25-3/h5-9,11-12,19H,10H2,1-4H3. The molecule has 0 saturated carbocycles. The van der Waals surface area contributed by atoms with Crippen molar-refractivity contribution in [2.24, 2.45) is 4.99 Å². The molecule has 6 heteroatoms. The Balaban J connectivity index is 1.61. The number of pyridine rings is 1. The van der Waals surface area contributed by atoms with E-state index in [1.54, 1.807) is 21.3 Å². The second-order valence-electron chi connectivity index (χ2n) is 6.48. The van der Waals surface area contributed by atoms with Crippen molar-refractivity contribution in [3.05, 3.63) is 59.4 Å². The van der Waals surface area contributed by atoms with Crippen molar-refractivity contribution in [2.45, 2.75) is 13.0 Å². The van der Waals surface area contributed by atoms with Crippen LogP contribution in [0.4, 0.5) is 0 Å². The molecule has 2 aromatic heterocycles. The molecule has 1 atom stereocenters. The van der Waals surface area contributed by atoms with Crippen molar-refractivity contribution in [1.29, 1.82) is 0 Å². The molecular formula is C21H22N2O4. The number of aliphatic imine (C=N–C) groups is 1. The van der Waals surface area contributed by atoms with E-state index in [4.69, 9.17) is 18.9 Å². The van der Waals surface area contributed by atoms with Gasteiger partial charge in [0.05, 0.1) is 33.4 Å². The van der Waals surface area contributed by atoms with E-state index in [1.807, 2.05) is 24.4 Å². The molecule has 140 valence electrons. The Morgan fingerprint density at radius 1 is 1.00 bits per heavy atom. The van der Waals surface area contributed by atoms with Crippen LogP contribution in [0, 0.1) is 6.92 Å². The Hall–Kier alpha value is -3.15. The van der Waals surface area contributed by atoms with Gasteiger partial charge in [-0.05, 0) is 42.8 Å². The first-order valence-corrected chi connectivity index (χ1v) is 8.72. The minimum Gasteiger partial charge on any atom is -0.493 e. The van der Waals surface area contributed by atoms with Gasteiger partial charge in [-0.3, -0.25) is 0 Å². The third-order valence-electron chi connectivity index (χ3n) is 4.69. The van der Waals surface area contributed by atoms with Crippen molar-refractivity contribution in [3.8, 4) is 17.2 Å². The van der Waals surface area contributed by atoms with E-state index in [-0.39, 0.29) is 6.10 Å². The highest BCUT2D eigenvalue weighted by molar-refractivity contribution is 5.95. The van der Waals surface area contributed by atoms with Crippen LogP contribution in [0.15, 0.2) is 47.7 Å². The van der Waals surface area contributed by atoms with E-state index in [1.165, 1.54) is 5.56 Å². The fraction of sp³-hybridized carbons (Fsp3) is 0.286. The van der Waals surface area contributed by atoms with Crippen LogP contribution in [-0.4, -0.2) is 38.2 Å². The minimum absolute atomic E-state index is 0.198. The maximum Gasteiger partial charge on any atom is 0.218 e. The Kier molecular flexibility index (Phi) is 4.39. The molecule has 1 aliphatic rings. The van der Waals surface area contributed by atoms with Gasteiger partial charge in [-0.2, -0.15) is 0 Å². The molecule has 0 bridgehead atoms. The molecule has 3 aromatic rings.